The van der Waals surface area contributed by atoms with Gasteiger partial charge in [0.15, 0.2) is 0 Å². The van der Waals surface area contributed by atoms with Crippen molar-refractivity contribution in [3.05, 3.63) is 62.7 Å². The summed E-state index contributed by atoms with van der Waals surface area (Å²) in [5, 5.41) is 8.43. The molecule has 1 aliphatic rings. The molecule has 2 aromatic carbocycles. The number of aromatic nitrogens is 2. The number of hydrogen-bond acceptors (Lipinski definition) is 2. The van der Waals surface area contributed by atoms with E-state index in [1.165, 1.54) is 25.8 Å². The molecule has 0 atom stereocenters. The lowest BCUT2D eigenvalue weighted by Gasteiger charge is -2.08. The van der Waals surface area contributed by atoms with Gasteiger partial charge in [0.1, 0.15) is 5.82 Å². The maximum atomic E-state index is 4.92. The number of halogens is 1. The van der Waals surface area contributed by atoms with Crippen molar-refractivity contribution < 1.29 is 0 Å². The van der Waals surface area contributed by atoms with Crippen LogP contribution < -0.4 is 5.32 Å². The quantitative estimate of drug-likeness (QED) is 0.614. The Hall–Kier alpha value is -1.82. The van der Waals surface area contributed by atoms with Crippen LogP contribution in [0.4, 0.5) is 5.82 Å². The number of benzene rings is 2. The highest BCUT2D eigenvalue weighted by atomic mass is 127. The Kier molecular flexibility index (Phi) is 3.64. The summed E-state index contributed by atoms with van der Waals surface area (Å²) in [7, 11) is 0. The highest BCUT2D eigenvalue weighted by Crippen LogP contribution is 2.35. The van der Waals surface area contributed by atoms with Gasteiger partial charge in [-0.25, -0.2) is 4.68 Å². The van der Waals surface area contributed by atoms with Crippen molar-refractivity contribution in [3.8, 4) is 16.9 Å². The molecule has 0 fully saturated rings. The number of rotatable bonds is 2. The fourth-order valence-corrected chi connectivity index (χ4v) is 3.42. The third kappa shape index (κ3) is 2.55. The number of nitrogens with one attached hydrogen (secondary N) is 1. The largest absolute Gasteiger partial charge is 0.369 e. The Morgan fingerprint density at radius 1 is 1.04 bits per heavy atom. The lowest BCUT2D eigenvalue weighted by Crippen LogP contribution is -2.04. The van der Waals surface area contributed by atoms with Crippen LogP contribution in [0.5, 0.6) is 0 Å². The topological polar surface area (TPSA) is 29.9 Å². The number of nitrogens with zero attached hydrogens (tertiary/aromatic N) is 2. The molecule has 3 nitrogen and oxygen atoms in total. The van der Waals surface area contributed by atoms with Crippen LogP contribution in [0.3, 0.4) is 0 Å². The van der Waals surface area contributed by atoms with Crippen LogP contribution in [-0.4, -0.2) is 16.3 Å². The van der Waals surface area contributed by atoms with Gasteiger partial charge >= 0.3 is 0 Å². The first-order chi connectivity index (χ1) is 11.1. The molecule has 2 heterocycles. The Labute approximate surface area is 149 Å². The van der Waals surface area contributed by atoms with Crippen molar-refractivity contribution in [2.24, 2.45) is 0 Å². The van der Waals surface area contributed by atoms with E-state index in [0.29, 0.717) is 0 Å². The molecule has 3 aromatic rings. The molecule has 0 saturated heterocycles. The maximum Gasteiger partial charge on any atom is 0.133 e. The second-order valence-electron chi connectivity index (χ2n) is 6.04. The number of hydrogen-bond donors (Lipinski definition) is 1. The van der Waals surface area contributed by atoms with E-state index in [9.17, 15) is 0 Å². The second-order valence-corrected chi connectivity index (χ2v) is 7.29. The van der Waals surface area contributed by atoms with Gasteiger partial charge in [0.05, 0.1) is 11.4 Å². The van der Waals surface area contributed by atoms with Crippen molar-refractivity contribution in [1.29, 1.82) is 0 Å². The summed E-state index contributed by atoms with van der Waals surface area (Å²) in [4.78, 5) is 0. The summed E-state index contributed by atoms with van der Waals surface area (Å²) in [6.45, 7) is 5.27. The molecule has 0 saturated carbocycles. The molecule has 0 amide bonds. The van der Waals surface area contributed by atoms with Gasteiger partial charge in [-0.05, 0) is 78.3 Å². The van der Waals surface area contributed by atoms with Crippen LogP contribution >= 0.6 is 22.6 Å². The minimum Gasteiger partial charge on any atom is -0.369 e. The summed E-state index contributed by atoms with van der Waals surface area (Å²) in [6, 6.07) is 15.1. The van der Waals surface area contributed by atoms with E-state index in [4.69, 9.17) is 5.10 Å². The third-order valence-electron chi connectivity index (χ3n) is 4.50. The van der Waals surface area contributed by atoms with Crippen molar-refractivity contribution in [2.45, 2.75) is 20.3 Å². The van der Waals surface area contributed by atoms with Gasteiger partial charge in [0.2, 0.25) is 0 Å². The van der Waals surface area contributed by atoms with Gasteiger partial charge < -0.3 is 5.32 Å². The predicted octanol–water partition coefficient (Wildman–Crippen LogP) is 4.73. The molecule has 0 aliphatic carbocycles. The molecule has 1 N–H and O–H groups in total. The molecule has 0 radical (unpaired) electrons. The van der Waals surface area contributed by atoms with Crippen molar-refractivity contribution in [3.63, 3.8) is 0 Å². The standard InChI is InChI=1S/C19H18IN3/c1-12-3-8-16(11-13(12)2)23-19-17(9-10-21-19)18(22-23)14-4-6-15(20)7-5-14/h3-8,11,21H,9-10H2,1-2H3. The maximum absolute atomic E-state index is 4.92. The molecule has 0 spiro atoms. The number of fused-ring (bicyclic) bond motifs is 1. The molecule has 0 unspecified atom stereocenters. The summed E-state index contributed by atoms with van der Waals surface area (Å²) >= 11 is 2.34. The van der Waals surface area contributed by atoms with E-state index in [1.807, 2.05) is 0 Å². The highest BCUT2D eigenvalue weighted by molar-refractivity contribution is 14.1. The first-order valence-electron chi connectivity index (χ1n) is 7.83. The number of anilines is 1. The van der Waals surface area contributed by atoms with Crippen LogP contribution in [0.2, 0.25) is 0 Å². The molecule has 4 rings (SSSR count). The van der Waals surface area contributed by atoms with Crippen molar-refractivity contribution in [2.75, 3.05) is 11.9 Å². The Morgan fingerprint density at radius 2 is 1.83 bits per heavy atom. The predicted molar refractivity (Wildman–Crippen MR) is 103 cm³/mol. The lowest BCUT2D eigenvalue weighted by molar-refractivity contribution is 0.880. The Balaban J connectivity index is 1.87. The van der Waals surface area contributed by atoms with E-state index in [0.717, 1.165) is 30.2 Å². The zero-order valence-corrected chi connectivity index (χ0v) is 15.4. The average molecular weight is 415 g/mol. The zero-order valence-electron chi connectivity index (χ0n) is 13.2. The third-order valence-corrected chi connectivity index (χ3v) is 5.22. The fourth-order valence-electron chi connectivity index (χ4n) is 3.06. The van der Waals surface area contributed by atoms with Crippen molar-refractivity contribution in [1.82, 2.24) is 9.78 Å². The average Bonchev–Trinajstić information content (AvgIpc) is 3.13. The summed E-state index contributed by atoms with van der Waals surface area (Å²) in [5.41, 5.74) is 7.33. The normalized spacial score (nSPS) is 13.0. The molecule has 0 bridgehead atoms. The lowest BCUT2D eigenvalue weighted by atomic mass is 10.1. The first kappa shape index (κ1) is 14.8. The monoisotopic (exact) mass is 415 g/mol. The molecule has 1 aliphatic heterocycles. The van der Waals surface area contributed by atoms with Gasteiger partial charge in [-0.2, -0.15) is 5.10 Å². The van der Waals surface area contributed by atoms with Crippen LogP contribution in [0, 0.1) is 17.4 Å². The molecular formula is C19H18IN3. The van der Waals surface area contributed by atoms with Crippen LogP contribution in [0.1, 0.15) is 16.7 Å². The van der Waals surface area contributed by atoms with Crippen LogP contribution in [0.15, 0.2) is 42.5 Å². The van der Waals surface area contributed by atoms with E-state index >= 15 is 0 Å². The van der Waals surface area contributed by atoms with Crippen LogP contribution in [-0.2, 0) is 6.42 Å². The number of aryl methyl sites for hydroxylation is 2. The smallest absolute Gasteiger partial charge is 0.133 e. The molecular weight excluding hydrogens is 397 g/mol. The molecule has 1 aromatic heterocycles. The SMILES string of the molecule is Cc1ccc(-n2nc(-c3ccc(I)cc3)c3c2NCC3)cc1C. The summed E-state index contributed by atoms with van der Waals surface area (Å²) in [6.07, 6.45) is 1.03. The first-order valence-corrected chi connectivity index (χ1v) is 8.91. The fraction of sp³-hybridized carbons (Fsp3) is 0.211. The minimum atomic E-state index is 0.982. The Morgan fingerprint density at radius 3 is 2.57 bits per heavy atom. The minimum absolute atomic E-state index is 0.982. The van der Waals surface area contributed by atoms with E-state index in [1.54, 1.807) is 0 Å². The summed E-state index contributed by atoms with van der Waals surface area (Å²) < 4.78 is 3.30. The molecule has 4 heteroatoms. The van der Waals surface area contributed by atoms with Crippen molar-refractivity contribution >= 4 is 28.4 Å². The Bertz CT molecular complexity index is 878. The zero-order chi connectivity index (χ0) is 16.0. The molecule has 116 valence electrons. The molecule has 23 heavy (non-hydrogen) atoms. The van der Waals surface area contributed by atoms with Gasteiger partial charge in [0.25, 0.3) is 0 Å². The van der Waals surface area contributed by atoms with Gasteiger partial charge in [0, 0.05) is 21.2 Å². The van der Waals surface area contributed by atoms with Crippen LogP contribution in [0.25, 0.3) is 16.9 Å². The van der Waals surface area contributed by atoms with Gasteiger partial charge in [-0.3, -0.25) is 0 Å². The summed E-state index contributed by atoms with van der Waals surface area (Å²) in [5.74, 6) is 1.14. The van der Waals surface area contributed by atoms with Gasteiger partial charge in [-0.15, -0.1) is 0 Å². The highest BCUT2D eigenvalue weighted by Gasteiger charge is 2.23. The second kappa shape index (κ2) is 5.67. The van der Waals surface area contributed by atoms with Gasteiger partial charge in [-0.1, -0.05) is 18.2 Å². The van der Waals surface area contributed by atoms with E-state index < -0.39 is 0 Å². The van der Waals surface area contributed by atoms with E-state index in [-0.39, 0.29) is 0 Å². The van der Waals surface area contributed by atoms with E-state index in [2.05, 4.69) is 88.9 Å².